The van der Waals surface area contributed by atoms with Crippen LogP contribution in [0.2, 0.25) is 0 Å². The van der Waals surface area contributed by atoms with E-state index in [9.17, 15) is 13.2 Å². The van der Waals surface area contributed by atoms with E-state index in [1.807, 2.05) is 19.9 Å². The number of sulfonamides is 1. The Bertz CT molecular complexity index is 828. The van der Waals surface area contributed by atoms with Crippen molar-refractivity contribution in [1.29, 1.82) is 0 Å². The van der Waals surface area contributed by atoms with Gasteiger partial charge in [-0.2, -0.15) is 0 Å². The first kappa shape index (κ1) is 17.2. The summed E-state index contributed by atoms with van der Waals surface area (Å²) in [6, 6.07) is 3.65. The summed E-state index contributed by atoms with van der Waals surface area (Å²) in [5, 5.41) is 1.72. The number of carbonyl (C=O) groups is 1. The Morgan fingerprint density at radius 1 is 1.14 bits per heavy atom. The second-order valence-corrected chi connectivity index (χ2v) is 8.51. The van der Waals surface area contributed by atoms with E-state index in [0.29, 0.717) is 20.5 Å². The smallest absolute Gasteiger partial charge is 0.267 e. The van der Waals surface area contributed by atoms with Crippen LogP contribution in [0, 0.1) is 27.7 Å². The van der Waals surface area contributed by atoms with Crippen molar-refractivity contribution >= 4 is 43.2 Å². The SMILES string of the molecule is Cc1cc(C)c(C)c(S(=O)(=O)NC(=O)c2sccc2Br)c1C. The lowest BCUT2D eigenvalue weighted by Gasteiger charge is -2.16. The zero-order valence-corrected chi connectivity index (χ0v) is 15.9. The van der Waals surface area contributed by atoms with Crippen LogP contribution in [0.4, 0.5) is 0 Å². The van der Waals surface area contributed by atoms with Gasteiger partial charge in [0.25, 0.3) is 15.9 Å². The highest BCUT2D eigenvalue weighted by Gasteiger charge is 2.25. The van der Waals surface area contributed by atoms with Crippen molar-refractivity contribution in [2.24, 2.45) is 0 Å². The Morgan fingerprint density at radius 2 is 1.68 bits per heavy atom. The first-order valence-electron chi connectivity index (χ1n) is 6.52. The summed E-state index contributed by atoms with van der Waals surface area (Å²) in [4.78, 5) is 12.7. The molecule has 118 valence electrons. The maximum atomic E-state index is 12.7. The second-order valence-electron chi connectivity index (χ2n) is 5.12. The second kappa shape index (κ2) is 6.14. The molecular formula is C15H16BrNO3S2. The van der Waals surface area contributed by atoms with Crippen LogP contribution in [0.3, 0.4) is 0 Å². The number of thiophene rings is 1. The van der Waals surface area contributed by atoms with Gasteiger partial charge in [-0.3, -0.25) is 4.79 Å². The fraction of sp³-hybridized carbons (Fsp3) is 0.267. The Morgan fingerprint density at radius 3 is 2.14 bits per heavy atom. The van der Waals surface area contributed by atoms with Gasteiger partial charge in [-0.15, -0.1) is 11.3 Å². The Kier molecular flexibility index (Phi) is 4.79. The number of benzene rings is 1. The first-order valence-corrected chi connectivity index (χ1v) is 9.68. The first-order chi connectivity index (χ1) is 10.1. The normalized spacial score (nSPS) is 11.5. The molecule has 1 N–H and O–H groups in total. The van der Waals surface area contributed by atoms with Crippen LogP contribution in [0.25, 0.3) is 0 Å². The predicted octanol–water partition coefficient (Wildman–Crippen LogP) is 3.86. The number of aryl methyl sites for hydroxylation is 2. The highest BCUT2D eigenvalue weighted by molar-refractivity contribution is 9.10. The van der Waals surface area contributed by atoms with Gasteiger partial charge in [0.15, 0.2) is 0 Å². The number of hydrogen-bond donors (Lipinski definition) is 1. The molecule has 1 amide bonds. The summed E-state index contributed by atoms with van der Waals surface area (Å²) < 4.78 is 28.1. The summed E-state index contributed by atoms with van der Waals surface area (Å²) in [5.74, 6) is -0.625. The van der Waals surface area contributed by atoms with Crippen molar-refractivity contribution in [2.45, 2.75) is 32.6 Å². The van der Waals surface area contributed by atoms with E-state index in [0.717, 1.165) is 11.1 Å². The molecule has 7 heteroatoms. The van der Waals surface area contributed by atoms with Gasteiger partial charge in [0.1, 0.15) is 4.88 Å². The van der Waals surface area contributed by atoms with Gasteiger partial charge in [0.2, 0.25) is 0 Å². The number of rotatable bonds is 3. The van der Waals surface area contributed by atoms with E-state index in [4.69, 9.17) is 0 Å². The molecule has 0 unspecified atom stereocenters. The molecule has 0 atom stereocenters. The third-order valence-electron chi connectivity index (χ3n) is 3.62. The third kappa shape index (κ3) is 3.11. The van der Waals surface area contributed by atoms with Gasteiger partial charge >= 0.3 is 0 Å². The van der Waals surface area contributed by atoms with Crippen LogP contribution in [0.5, 0.6) is 0 Å². The van der Waals surface area contributed by atoms with Gasteiger partial charge in [-0.1, -0.05) is 6.07 Å². The van der Waals surface area contributed by atoms with E-state index in [1.54, 1.807) is 25.3 Å². The maximum Gasteiger partial charge on any atom is 0.276 e. The topological polar surface area (TPSA) is 63.2 Å². The van der Waals surface area contributed by atoms with Gasteiger partial charge in [0.05, 0.1) is 4.90 Å². The van der Waals surface area contributed by atoms with Crippen LogP contribution in [0.1, 0.15) is 31.9 Å². The highest BCUT2D eigenvalue weighted by atomic mass is 79.9. The molecule has 1 heterocycles. The average Bonchev–Trinajstić information content (AvgIpc) is 2.82. The van der Waals surface area contributed by atoms with Crippen molar-refractivity contribution in [3.8, 4) is 0 Å². The van der Waals surface area contributed by atoms with Gasteiger partial charge in [0, 0.05) is 4.47 Å². The lowest BCUT2D eigenvalue weighted by molar-refractivity contribution is 0.0984. The molecule has 1 aromatic heterocycles. The Hall–Kier alpha value is -1.18. The molecule has 0 aliphatic heterocycles. The lowest BCUT2D eigenvalue weighted by atomic mass is 10.0. The van der Waals surface area contributed by atoms with E-state index < -0.39 is 15.9 Å². The zero-order chi connectivity index (χ0) is 16.7. The van der Waals surface area contributed by atoms with Crippen molar-refractivity contribution in [1.82, 2.24) is 4.72 Å². The van der Waals surface area contributed by atoms with Crippen LogP contribution >= 0.6 is 27.3 Å². The number of amides is 1. The third-order valence-corrected chi connectivity index (χ3v) is 7.06. The largest absolute Gasteiger partial charge is 0.276 e. The zero-order valence-electron chi connectivity index (χ0n) is 12.7. The highest BCUT2D eigenvalue weighted by Crippen LogP contribution is 2.27. The minimum Gasteiger partial charge on any atom is -0.267 e. The van der Waals surface area contributed by atoms with Crippen LogP contribution < -0.4 is 4.72 Å². The number of nitrogens with one attached hydrogen (secondary N) is 1. The van der Waals surface area contributed by atoms with Crippen molar-refractivity contribution in [3.63, 3.8) is 0 Å². The van der Waals surface area contributed by atoms with Gasteiger partial charge in [-0.05, 0) is 77.3 Å². The summed E-state index contributed by atoms with van der Waals surface area (Å²) in [7, 11) is -3.92. The summed E-state index contributed by atoms with van der Waals surface area (Å²) in [5.41, 5.74) is 3.09. The van der Waals surface area contributed by atoms with Crippen LogP contribution in [-0.4, -0.2) is 14.3 Å². The molecule has 0 bridgehead atoms. The summed E-state index contributed by atoms with van der Waals surface area (Å²) in [6.45, 7) is 7.22. The molecule has 0 aliphatic carbocycles. The maximum absolute atomic E-state index is 12.7. The minimum absolute atomic E-state index is 0.186. The fourth-order valence-corrected chi connectivity index (χ4v) is 5.35. The Balaban J connectivity index is 2.49. The summed E-state index contributed by atoms with van der Waals surface area (Å²) in [6.07, 6.45) is 0. The monoisotopic (exact) mass is 401 g/mol. The molecule has 0 spiro atoms. The van der Waals surface area contributed by atoms with Crippen LogP contribution in [-0.2, 0) is 10.0 Å². The minimum atomic E-state index is -3.92. The molecule has 0 fully saturated rings. The summed E-state index contributed by atoms with van der Waals surface area (Å²) >= 11 is 4.42. The van der Waals surface area contributed by atoms with E-state index >= 15 is 0 Å². The average molecular weight is 402 g/mol. The van der Waals surface area contributed by atoms with Crippen molar-refractivity contribution in [2.75, 3.05) is 0 Å². The molecule has 2 aromatic rings. The fourth-order valence-electron chi connectivity index (χ4n) is 2.26. The van der Waals surface area contributed by atoms with Crippen LogP contribution in [0.15, 0.2) is 26.9 Å². The molecule has 0 saturated carbocycles. The lowest BCUT2D eigenvalue weighted by Crippen LogP contribution is -2.31. The standard InChI is InChI=1S/C15H16BrNO3S2/c1-8-7-9(2)11(4)14(10(8)3)22(19,20)17-15(18)13-12(16)5-6-21-13/h5-7H,1-4H3,(H,17,18). The number of hydrogen-bond acceptors (Lipinski definition) is 4. The van der Waals surface area contributed by atoms with Gasteiger partial charge < -0.3 is 0 Å². The molecule has 0 radical (unpaired) electrons. The van der Waals surface area contributed by atoms with Crippen molar-refractivity contribution in [3.05, 3.63) is 49.1 Å². The molecule has 4 nitrogen and oxygen atoms in total. The number of halogens is 1. The van der Waals surface area contributed by atoms with E-state index in [1.165, 1.54) is 11.3 Å². The Labute approximate surface area is 142 Å². The van der Waals surface area contributed by atoms with Gasteiger partial charge in [-0.25, -0.2) is 13.1 Å². The van der Waals surface area contributed by atoms with E-state index in [2.05, 4.69) is 20.7 Å². The molecular weight excluding hydrogens is 386 g/mol. The molecule has 1 aromatic carbocycles. The van der Waals surface area contributed by atoms with Crippen molar-refractivity contribution < 1.29 is 13.2 Å². The van der Waals surface area contributed by atoms with E-state index in [-0.39, 0.29) is 4.90 Å². The molecule has 22 heavy (non-hydrogen) atoms. The molecule has 0 saturated heterocycles. The predicted molar refractivity (Wildman–Crippen MR) is 92.1 cm³/mol. The number of carbonyl (C=O) groups excluding carboxylic acids is 1. The quantitative estimate of drug-likeness (QED) is 0.848. The molecule has 0 aliphatic rings. The molecule has 2 rings (SSSR count).